The summed E-state index contributed by atoms with van der Waals surface area (Å²) in [5.41, 5.74) is 0. The van der Waals surface area contributed by atoms with Gasteiger partial charge in [0, 0.05) is 0 Å². The van der Waals surface area contributed by atoms with Gasteiger partial charge in [0.2, 0.25) is 0 Å². The zero-order valence-electron chi connectivity index (χ0n) is 20.2. The van der Waals surface area contributed by atoms with Gasteiger partial charge in [-0.1, -0.05) is 104 Å². The molecule has 0 amide bonds. The summed E-state index contributed by atoms with van der Waals surface area (Å²) in [7, 11) is 0. The van der Waals surface area contributed by atoms with E-state index < -0.39 is 12.6 Å². The molecule has 8 bridgehead atoms. The van der Waals surface area contributed by atoms with Crippen molar-refractivity contribution in [2.45, 2.75) is 81.9 Å². The van der Waals surface area contributed by atoms with Crippen molar-refractivity contribution >= 4 is 12.6 Å². The molecule has 0 spiro atoms. The zero-order valence-corrected chi connectivity index (χ0v) is 20.2. The average molecular weight is 438 g/mol. The minimum Gasteiger partial charge on any atom is -0.427 e. The van der Waals surface area contributed by atoms with Gasteiger partial charge in [0.25, 0.3) is 12.6 Å². The van der Waals surface area contributed by atoms with Crippen molar-refractivity contribution in [2.75, 3.05) is 0 Å². The van der Waals surface area contributed by atoms with Crippen molar-refractivity contribution in [1.29, 1.82) is 0 Å². The molecule has 2 aromatic heterocycles. The number of hydrogen-bond donors (Lipinski definition) is 0. The first-order chi connectivity index (χ1) is 16.2. The van der Waals surface area contributed by atoms with Crippen LogP contribution in [0, 0.1) is 35.5 Å². The summed E-state index contributed by atoms with van der Waals surface area (Å²) in [6.07, 6.45) is 25.9. The van der Waals surface area contributed by atoms with Crippen LogP contribution in [0.4, 0.5) is 0 Å². The first kappa shape index (κ1) is 19.7. The highest BCUT2D eigenvalue weighted by molar-refractivity contribution is 6.76. The molecule has 2 nitrogen and oxygen atoms in total. The third-order valence-corrected chi connectivity index (χ3v) is 12.9. The molecule has 2 aromatic rings. The predicted molar refractivity (Wildman–Crippen MR) is 136 cm³/mol. The second-order valence-corrected chi connectivity index (χ2v) is 14.1. The number of hydrogen-bond acceptors (Lipinski definition) is 0. The standard InChI is InChI=1S/C29H40B2N2/c1-3-7-32(8-4-1)30-18-22-11-23(19-30)14-26(13-22)28(30)17-29-27-15-24-12-25(16-27)21-31(29,20-24)33-9-5-2-6-10-33/h1-10,22-29H,11-21H2/t22-,23-,24-,25+,26?,27?,28+,29+,30?,31?/m0/s1. The molecule has 172 valence electrons. The summed E-state index contributed by atoms with van der Waals surface area (Å²) in [5.74, 6) is 8.01. The van der Waals surface area contributed by atoms with E-state index in [2.05, 4.69) is 70.1 Å². The first-order valence-corrected chi connectivity index (χ1v) is 14.5. The van der Waals surface area contributed by atoms with E-state index in [0.717, 1.165) is 47.1 Å². The Bertz CT molecular complexity index is 931. The number of nitrogens with zero attached hydrogens (tertiary/aromatic N) is 2. The van der Waals surface area contributed by atoms with Gasteiger partial charge < -0.3 is 8.96 Å². The molecular weight excluding hydrogens is 398 g/mol. The van der Waals surface area contributed by atoms with Crippen LogP contribution in [0.1, 0.15) is 44.9 Å². The Morgan fingerprint density at radius 1 is 0.485 bits per heavy atom. The molecule has 8 atom stereocenters. The second kappa shape index (κ2) is 6.98. The highest BCUT2D eigenvalue weighted by Crippen LogP contribution is 2.66. The molecule has 0 radical (unpaired) electrons. The van der Waals surface area contributed by atoms with E-state index in [1.54, 1.807) is 38.5 Å². The van der Waals surface area contributed by atoms with Gasteiger partial charge in [-0.3, -0.25) is 0 Å². The first-order valence-electron chi connectivity index (χ1n) is 14.5. The third-order valence-electron chi connectivity index (χ3n) is 12.9. The molecule has 8 aliphatic rings. The van der Waals surface area contributed by atoms with Crippen LogP contribution in [0.15, 0.2) is 61.2 Å². The number of aromatic nitrogens is 2. The van der Waals surface area contributed by atoms with Crippen LogP contribution in [-0.2, 0) is 0 Å². The smallest absolute Gasteiger partial charge is 0.281 e. The molecule has 6 aliphatic heterocycles. The molecule has 8 fully saturated rings. The molecule has 0 aromatic carbocycles. The fourth-order valence-corrected chi connectivity index (χ4v) is 12.6. The maximum Gasteiger partial charge on any atom is 0.281 e. The summed E-state index contributed by atoms with van der Waals surface area (Å²) in [5, 5.41) is 0. The maximum absolute atomic E-state index is 2.79. The molecular formula is C29H40B2N2. The van der Waals surface area contributed by atoms with E-state index in [1.807, 2.05) is 0 Å². The molecule has 0 N–H and O–H groups in total. The van der Waals surface area contributed by atoms with Gasteiger partial charge in [0.05, 0.1) is 0 Å². The summed E-state index contributed by atoms with van der Waals surface area (Å²) < 4.78 is 5.58. The van der Waals surface area contributed by atoms with Gasteiger partial charge in [-0.25, -0.2) is 0 Å². The third kappa shape index (κ3) is 2.76. The summed E-state index contributed by atoms with van der Waals surface area (Å²) in [6, 6.07) is 13.7. The monoisotopic (exact) mass is 438 g/mol. The molecule has 2 unspecified atom stereocenters. The van der Waals surface area contributed by atoms with Crippen molar-refractivity contribution in [3.8, 4) is 0 Å². The molecule has 6 saturated heterocycles. The van der Waals surface area contributed by atoms with E-state index in [1.165, 1.54) is 31.7 Å². The molecule has 10 rings (SSSR count). The van der Waals surface area contributed by atoms with Crippen LogP contribution < -0.4 is 8.96 Å². The summed E-state index contributed by atoms with van der Waals surface area (Å²) >= 11 is 0. The highest BCUT2D eigenvalue weighted by Gasteiger charge is 2.64. The van der Waals surface area contributed by atoms with Crippen molar-refractivity contribution in [1.82, 2.24) is 0 Å². The van der Waals surface area contributed by atoms with Crippen LogP contribution in [0.5, 0.6) is 0 Å². The van der Waals surface area contributed by atoms with E-state index in [4.69, 9.17) is 0 Å². The summed E-state index contributed by atoms with van der Waals surface area (Å²) in [4.78, 5) is 0. The Kier molecular flexibility index (Phi) is 4.17. The topological polar surface area (TPSA) is 7.76 Å². The molecule has 4 heteroatoms. The lowest BCUT2D eigenvalue weighted by atomic mass is 9.09. The largest absolute Gasteiger partial charge is 0.427 e. The van der Waals surface area contributed by atoms with Crippen molar-refractivity contribution in [3.63, 3.8) is 0 Å². The van der Waals surface area contributed by atoms with E-state index >= 15 is 0 Å². The Hall–Kier alpha value is -1.57. The van der Waals surface area contributed by atoms with Gasteiger partial charge in [0.15, 0.2) is 0 Å². The van der Waals surface area contributed by atoms with Gasteiger partial charge in [-0.05, 0) is 24.3 Å². The Morgan fingerprint density at radius 2 is 0.848 bits per heavy atom. The number of pyridine rings is 2. The van der Waals surface area contributed by atoms with Gasteiger partial charge in [-0.2, -0.15) is 0 Å². The molecule has 33 heavy (non-hydrogen) atoms. The molecule has 2 aliphatic carbocycles. The summed E-state index contributed by atoms with van der Waals surface area (Å²) in [6.45, 7) is 0. The SMILES string of the molecule is c1cc[n+]([B-]23C[C@@H]4CC(C[C@H](C4)C2)[C@H]3C[C@@H]2C3C[C@@H]4C[C@H](C3)C[B-]2([n+]2ccccc2)C4)cc1. The molecule has 2 saturated carbocycles. The van der Waals surface area contributed by atoms with E-state index in [0.29, 0.717) is 0 Å². The Balaban J connectivity index is 1.22. The Morgan fingerprint density at radius 3 is 1.21 bits per heavy atom. The van der Waals surface area contributed by atoms with Crippen LogP contribution in [-0.4, -0.2) is 12.6 Å². The average Bonchev–Trinajstić information content (AvgIpc) is 2.83. The van der Waals surface area contributed by atoms with Crippen LogP contribution in [0.3, 0.4) is 0 Å². The zero-order chi connectivity index (χ0) is 21.6. The second-order valence-electron chi connectivity index (χ2n) is 14.1. The normalized spacial score (nSPS) is 49.0. The predicted octanol–water partition coefficient (Wildman–Crippen LogP) is 5.80. The van der Waals surface area contributed by atoms with E-state index in [-0.39, 0.29) is 0 Å². The van der Waals surface area contributed by atoms with Gasteiger partial charge >= 0.3 is 0 Å². The molecule has 8 heterocycles. The van der Waals surface area contributed by atoms with Crippen molar-refractivity contribution in [2.24, 2.45) is 35.5 Å². The van der Waals surface area contributed by atoms with Crippen LogP contribution in [0.25, 0.3) is 0 Å². The van der Waals surface area contributed by atoms with Crippen molar-refractivity contribution < 1.29 is 8.96 Å². The fourth-order valence-electron chi connectivity index (χ4n) is 12.6. The van der Waals surface area contributed by atoms with Crippen LogP contribution in [0.2, 0.25) is 36.9 Å². The maximum atomic E-state index is 2.79. The lowest BCUT2D eigenvalue weighted by molar-refractivity contribution is -0.555. The van der Waals surface area contributed by atoms with E-state index in [9.17, 15) is 0 Å². The highest BCUT2D eigenvalue weighted by atomic mass is 14.9. The minimum atomic E-state index is -0.454. The quantitative estimate of drug-likeness (QED) is 0.534. The van der Waals surface area contributed by atoms with Gasteiger partial charge in [0.1, 0.15) is 24.8 Å². The fraction of sp³-hybridized carbons (Fsp3) is 0.655. The lowest BCUT2D eigenvalue weighted by Gasteiger charge is -2.66. The Labute approximate surface area is 200 Å². The lowest BCUT2D eigenvalue weighted by Crippen LogP contribution is -2.76. The van der Waals surface area contributed by atoms with Crippen molar-refractivity contribution in [3.05, 3.63) is 61.2 Å². The minimum absolute atomic E-state index is 0.454. The number of rotatable bonds is 4. The van der Waals surface area contributed by atoms with Crippen LogP contribution >= 0.6 is 0 Å². The van der Waals surface area contributed by atoms with Gasteiger partial charge in [-0.15, -0.1) is 25.3 Å².